The van der Waals surface area contributed by atoms with Gasteiger partial charge >= 0.3 is 5.97 Å². The van der Waals surface area contributed by atoms with E-state index in [9.17, 15) is 4.79 Å². The molecule has 1 aliphatic rings. The third-order valence-electron chi connectivity index (χ3n) is 2.57. The molecule has 0 spiro atoms. The van der Waals surface area contributed by atoms with Crippen LogP contribution in [-0.4, -0.2) is 5.97 Å². The first-order valence-electron chi connectivity index (χ1n) is 5.82. The molecule has 0 amide bonds. The van der Waals surface area contributed by atoms with Gasteiger partial charge in [-0.1, -0.05) is 31.4 Å². The summed E-state index contributed by atoms with van der Waals surface area (Å²) in [5.41, 5.74) is 0. The van der Waals surface area contributed by atoms with Gasteiger partial charge < -0.3 is 4.74 Å². The molecular formula is C12H19ClO2. The van der Waals surface area contributed by atoms with Crippen molar-refractivity contribution in [3.05, 3.63) is 10.8 Å². The number of rotatable bonds is 5. The predicted octanol–water partition coefficient (Wildman–Crippen LogP) is 4.13. The second-order valence-electron chi connectivity index (χ2n) is 3.97. The molecule has 3 heteroatoms. The maximum atomic E-state index is 11.4. The number of carbonyl (C=O) groups is 1. The van der Waals surface area contributed by atoms with Crippen molar-refractivity contribution in [2.75, 3.05) is 0 Å². The van der Waals surface area contributed by atoms with Crippen LogP contribution in [0.1, 0.15) is 58.3 Å². The largest absolute Gasteiger partial charge is 0.430 e. The Morgan fingerprint density at radius 1 is 1.33 bits per heavy atom. The summed E-state index contributed by atoms with van der Waals surface area (Å²) in [6.45, 7) is 2.12. The molecule has 1 aliphatic carbocycles. The SMILES string of the molecule is CCCCCC(=O)OC1=C(Cl)CCCC1. The summed E-state index contributed by atoms with van der Waals surface area (Å²) in [5, 5.41) is 0.741. The van der Waals surface area contributed by atoms with Gasteiger partial charge in [0, 0.05) is 12.8 Å². The molecule has 0 fully saturated rings. The van der Waals surface area contributed by atoms with Crippen LogP contribution in [0.25, 0.3) is 0 Å². The zero-order valence-corrected chi connectivity index (χ0v) is 10.1. The Labute approximate surface area is 96.6 Å². The molecule has 0 bridgehead atoms. The number of ether oxygens (including phenoxy) is 1. The fourth-order valence-corrected chi connectivity index (χ4v) is 1.92. The van der Waals surface area contributed by atoms with Gasteiger partial charge in [-0.2, -0.15) is 0 Å². The van der Waals surface area contributed by atoms with Crippen molar-refractivity contribution in [2.45, 2.75) is 58.3 Å². The summed E-state index contributed by atoms with van der Waals surface area (Å²) in [7, 11) is 0. The Morgan fingerprint density at radius 2 is 2.07 bits per heavy atom. The van der Waals surface area contributed by atoms with Crippen LogP contribution in [0.5, 0.6) is 0 Å². The zero-order chi connectivity index (χ0) is 11.1. The van der Waals surface area contributed by atoms with E-state index in [4.69, 9.17) is 16.3 Å². The van der Waals surface area contributed by atoms with E-state index in [-0.39, 0.29) is 5.97 Å². The number of carbonyl (C=O) groups excluding carboxylic acids is 1. The van der Waals surface area contributed by atoms with Gasteiger partial charge in [0.05, 0.1) is 5.03 Å². The van der Waals surface area contributed by atoms with Crippen LogP contribution < -0.4 is 0 Å². The van der Waals surface area contributed by atoms with Crippen LogP contribution >= 0.6 is 11.6 Å². The maximum Gasteiger partial charge on any atom is 0.310 e. The fourth-order valence-electron chi connectivity index (χ4n) is 1.65. The second-order valence-corrected chi connectivity index (χ2v) is 4.42. The van der Waals surface area contributed by atoms with E-state index < -0.39 is 0 Å². The number of esters is 1. The van der Waals surface area contributed by atoms with Crippen molar-refractivity contribution in [1.82, 2.24) is 0 Å². The summed E-state index contributed by atoms with van der Waals surface area (Å²) in [6.07, 6.45) is 7.50. The zero-order valence-electron chi connectivity index (χ0n) is 9.35. The van der Waals surface area contributed by atoms with E-state index in [0.717, 1.165) is 50.0 Å². The first-order chi connectivity index (χ1) is 7.24. The number of hydrogen-bond acceptors (Lipinski definition) is 2. The molecule has 0 atom stereocenters. The van der Waals surface area contributed by atoms with Crippen molar-refractivity contribution >= 4 is 17.6 Å². The van der Waals surface area contributed by atoms with Gasteiger partial charge in [-0.25, -0.2) is 0 Å². The van der Waals surface area contributed by atoms with E-state index >= 15 is 0 Å². The Kier molecular flexibility index (Phi) is 5.77. The lowest BCUT2D eigenvalue weighted by Crippen LogP contribution is -2.07. The van der Waals surface area contributed by atoms with Crippen molar-refractivity contribution in [2.24, 2.45) is 0 Å². The Bertz CT molecular complexity index is 246. The Morgan fingerprint density at radius 3 is 2.73 bits per heavy atom. The van der Waals surface area contributed by atoms with Crippen LogP contribution in [0, 0.1) is 0 Å². The average molecular weight is 231 g/mol. The lowest BCUT2D eigenvalue weighted by molar-refractivity contribution is -0.140. The quantitative estimate of drug-likeness (QED) is 0.524. The van der Waals surface area contributed by atoms with Crippen LogP contribution in [0.15, 0.2) is 10.8 Å². The topological polar surface area (TPSA) is 26.3 Å². The van der Waals surface area contributed by atoms with E-state index in [1.165, 1.54) is 0 Å². The van der Waals surface area contributed by atoms with Gasteiger partial charge in [0.2, 0.25) is 0 Å². The van der Waals surface area contributed by atoms with Gasteiger partial charge in [-0.05, 0) is 25.7 Å². The summed E-state index contributed by atoms with van der Waals surface area (Å²) >= 11 is 5.99. The monoisotopic (exact) mass is 230 g/mol. The van der Waals surface area contributed by atoms with Crippen LogP contribution in [0.2, 0.25) is 0 Å². The second kappa shape index (κ2) is 6.89. The molecule has 1 rings (SSSR count). The minimum atomic E-state index is -0.126. The average Bonchev–Trinajstić information content (AvgIpc) is 2.22. The lowest BCUT2D eigenvalue weighted by Gasteiger charge is -2.15. The molecule has 2 nitrogen and oxygen atoms in total. The predicted molar refractivity (Wildman–Crippen MR) is 61.6 cm³/mol. The molecule has 0 heterocycles. The minimum absolute atomic E-state index is 0.126. The summed E-state index contributed by atoms with van der Waals surface area (Å²) < 4.78 is 5.26. The Balaban J connectivity index is 2.30. The highest BCUT2D eigenvalue weighted by Gasteiger charge is 2.15. The normalized spacial score (nSPS) is 16.7. The molecule has 0 aromatic heterocycles. The minimum Gasteiger partial charge on any atom is -0.430 e. The first-order valence-corrected chi connectivity index (χ1v) is 6.20. The van der Waals surface area contributed by atoms with Crippen molar-refractivity contribution in [1.29, 1.82) is 0 Å². The number of allylic oxidation sites excluding steroid dienone is 2. The molecule has 0 aromatic rings. The molecule has 0 radical (unpaired) electrons. The molecule has 0 saturated carbocycles. The van der Waals surface area contributed by atoms with E-state index in [2.05, 4.69) is 6.92 Å². The third kappa shape index (κ3) is 4.70. The molecule has 0 aliphatic heterocycles. The summed E-state index contributed by atoms with van der Waals surface area (Å²) in [6, 6.07) is 0. The molecule has 86 valence electrons. The van der Waals surface area contributed by atoms with Gasteiger partial charge in [-0.3, -0.25) is 4.79 Å². The van der Waals surface area contributed by atoms with Crippen LogP contribution in [0.3, 0.4) is 0 Å². The van der Waals surface area contributed by atoms with E-state index in [1.54, 1.807) is 0 Å². The summed E-state index contributed by atoms with van der Waals surface area (Å²) in [5.74, 6) is 0.586. The van der Waals surface area contributed by atoms with Gasteiger partial charge in [-0.15, -0.1) is 0 Å². The highest BCUT2D eigenvalue weighted by molar-refractivity contribution is 6.29. The highest BCUT2D eigenvalue weighted by atomic mass is 35.5. The number of unbranched alkanes of at least 4 members (excludes halogenated alkanes) is 2. The number of halogens is 1. The smallest absolute Gasteiger partial charge is 0.310 e. The van der Waals surface area contributed by atoms with Crippen molar-refractivity contribution in [3.63, 3.8) is 0 Å². The van der Waals surface area contributed by atoms with E-state index in [0.29, 0.717) is 12.2 Å². The summed E-state index contributed by atoms with van der Waals surface area (Å²) in [4.78, 5) is 11.4. The van der Waals surface area contributed by atoms with Crippen LogP contribution in [0.4, 0.5) is 0 Å². The van der Waals surface area contributed by atoms with E-state index in [1.807, 2.05) is 0 Å². The molecule has 0 N–H and O–H groups in total. The highest BCUT2D eigenvalue weighted by Crippen LogP contribution is 2.28. The molecular weight excluding hydrogens is 212 g/mol. The number of hydrogen-bond donors (Lipinski definition) is 0. The maximum absolute atomic E-state index is 11.4. The lowest BCUT2D eigenvalue weighted by atomic mass is 10.1. The standard InChI is InChI=1S/C12H19ClO2/c1-2-3-4-9-12(14)15-11-8-6-5-7-10(11)13/h2-9H2,1H3. The fraction of sp³-hybridized carbons (Fsp3) is 0.750. The molecule has 15 heavy (non-hydrogen) atoms. The third-order valence-corrected chi connectivity index (χ3v) is 2.97. The van der Waals surface area contributed by atoms with Gasteiger partial charge in [0.15, 0.2) is 0 Å². The van der Waals surface area contributed by atoms with Crippen molar-refractivity contribution in [3.8, 4) is 0 Å². The Hall–Kier alpha value is -0.500. The molecule has 0 saturated heterocycles. The van der Waals surface area contributed by atoms with Gasteiger partial charge in [0.1, 0.15) is 5.76 Å². The first kappa shape index (κ1) is 12.6. The van der Waals surface area contributed by atoms with Crippen LogP contribution in [-0.2, 0) is 9.53 Å². The molecule has 0 unspecified atom stereocenters. The molecule has 0 aromatic carbocycles. The van der Waals surface area contributed by atoms with Crippen molar-refractivity contribution < 1.29 is 9.53 Å². The van der Waals surface area contributed by atoms with Gasteiger partial charge in [0.25, 0.3) is 0 Å².